The standard InChI is InChI=1S/C39H47FN10O5/c40-29-19-27(4-5-28(29)36(52)42-30-6-7-35(51)45-37(30)53)48-16-8-24(9-17-48)21-47-14-10-26(11-15-47)50-22-25-18-32(43-38(54)33-23-55-39(41)44-33)34(20-31(25)46-50)49-12-2-1-3-13-49/h4-5,18-20,22-24,26,30H,1-3,6-17,21H2,(H2,41,44)(H,42,52)(H,43,54)(H,45,51,53)/t30-/m0/s1. The number of piperidine rings is 4. The van der Waals surface area contributed by atoms with Crippen LogP contribution in [-0.2, 0) is 9.59 Å². The van der Waals surface area contributed by atoms with Gasteiger partial charge in [0.2, 0.25) is 11.8 Å². The number of nitrogen functional groups attached to an aromatic ring is 1. The Balaban J connectivity index is 0.841. The Kier molecular flexibility index (Phi) is 10.4. The van der Waals surface area contributed by atoms with E-state index in [4.69, 9.17) is 15.2 Å². The highest BCUT2D eigenvalue weighted by atomic mass is 19.1. The van der Waals surface area contributed by atoms with Crippen molar-refractivity contribution in [3.63, 3.8) is 0 Å². The Morgan fingerprint density at radius 1 is 0.927 bits per heavy atom. The summed E-state index contributed by atoms with van der Waals surface area (Å²) >= 11 is 0. The average molecular weight is 755 g/mol. The molecule has 4 aliphatic heterocycles. The van der Waals surface area contributed by atoms with Gasteiger partial charge in [0.15, 0.2) is 5.69 Å². The summed E-state index contributed by atoms with van der Waals surface area (Å²) in [6.07, 6.45) is 11.0. The number of halogens is 1. The normalized spacial score (nSPS) is 20.5. The Morgan fingerprint density at radius 2 is 1.71 bits per heavy atom. The van der Waals surface area contributed by atoms with Crippen LogP contribution < -0.4 is 31.5 Å². The van der Waals surface area contributed by atoms with Crippen molar-refractivity contribution in [1.82, 2.24) is 30.3 Å². The fourth-order valence-electron chi connectivity index (χ4n) is 8.40. The molecule has 290 valence electrons. The molecule has 0 radical (unpaired) electrons. The number of likely N-dealkylation sites (tertiary alicyclic amines) is 1. The third-order valence-electron chi connectivity index (χ3n) is 11.5. The van der Waals surface area contributed by atoms with Gasteiger partial charge in [-0.15, -0.1) is 0 Å². The summed E-state index contributed by atoms with van der Waals surface area (Å²) in [6.45, 7) is 6.43. The molecule has 15 nitrogen and oxygen atoms in total. The van der Waals surface area contributed by atoms with Crippen LogP contribution in [0.1, 0.15) is 84.7 Å². The summed E-state index contributed by atoms with van der Waals surface area (Å²) in [6, 6.07) is 8.09. The number of hydrogen-bond acceptors (Lipinski definition) is 11. The number of rotatable bonds is 9. The number of benzene rings is 2. The average Bonchev–Trinajstić information content (AvgIpc) is 3.82. The van der Waals surface area contributed by atoms with Gasteiger partial charge in [0.25, 0.3) is 17.8 Å². The molecule has 2 aromatic heterocycles. The fraction of sp³-hybridized carbons (Fsp3) is 0.487. The lowest BCUT2D eigenvalue weighted by atomic mass is 9.94. The zero-order valence-electron chi connectivity index (χ0n) is 30.8. The number of anilines is 4. The molecule has 0 aliphatic carbocycles. The van der Waals surface area contributed by atoms with E-state index >= 15 is 4.39 Å². The van der Waals surface area contributed by atoms with Crippen molar-refractivity contribution in [2.75, 3.05) is 66.7 Å². The highest BCUT2D eigenvalue weighted by molar-refractivity contribution is 6.06. The van der Waals surface area contributed by atoms with Gasteiger partial charge in [0.1, 0.15) is 18.1 Å². The van der Waals surface area contributed by atoms with Crippen LogP contribution in [0.3, 0.4) is 0 Å². The van der Waals surface area contributed by atoms with E-state index < -0.39 is 23.7 Å². The molecule has 4 amide bonds. The van der Waals surface area contributed by atoms with Crippen LogP contribution in [0.2, 0.25) is 0 Å². The van der Waals surface area contributed by atoms with Crippen molar-refractivity contribution in [2.24, 2.45) is 5.92 Å². The Bertz CT molecular complexity index is 2080. The van der Waals surface area contributed by atoms with E-state index in [9.17, 15) is 19.2 Å². The zero-order valence-corrected chi connectivity index (χ0v) is 30.8. The first kappa shape index (κ1) is 36.5. The summed E-state index contributed by atoms with van der Waals surface area (Å²) in [5.74, 6) is -2.09. The molecule has 4 saturated heterocycles. The van der Waals surface area contributed by atoms with Gasteiger partial charge in [-0.1, -0.05) is 0 Å². The molecule has 16 heteroatoms. The molecular weight excluding hydrogens is 707 g/mol. The smallest absolute Gasteiger partial charge is 0.292 e. The van der Waals surface area contributed by atoms with E-state index in [1.165, 1.54) is 24.8 Å². The van der Waals surface area contributed by atoms with Crippen LogP contribution >= 0.6 is 0 Å². The number of imide groups is 1. The SMILES string of the molecule is Nc1nc(C(=O)Nc2cc3cn(C4CCN(CC5CCN(c6ccc(C(=O)N[C@H]7CCC(=O)NC7=O)c(F)c6)CC5)CC4)nc3cc2N2CCCCC2)co1. The minimum Gasteiger partial charge on any atom is -0.431 e. The van der Waals surface area contributed by atoms with Gasteiger partial charge >= 0.3 is 0 Å². The number of fused-ring (bicyclic) bond motifs is 1. The van der Waals surface area contributed by atoms with Crippen molar-refractivity contribution in [1.29, 1.82) is 0 Å². The van der Waals surface area contributed by atoms with Crippen molar-refractivity contribution in [2.45, 2.75) is 69.9 Å². The number of carbonyl (C=O) groups is 4. The Morgan fingerprint density at radius 3 is 2.42 bits per heavy atom. The topological polar surface area (TPSA) is 184 Å². The maximum atomic E-state index is 15.1. The maximum absolute atomic E-state index is 15.1. The first-order valence-corrected chi connectivity index (χ1v) is 19.4. The van der Waals surface area contributed by atoms with Gasteiger partial charge in [0.05, 0.1) is 28.5 Å². The van der Waals surface area contributed by atoms with Gasteiger partial charge in [-0.3, -0.25) is 29.2 Å². The van der Waals surface area contributed by atoms with Gasteiger partial charge in [-0.05, 0) is 87.6 Å². The van der Waals surface area contributed by atoms with Gasteiger partial charge < -0.3 is 35.5 Å². The number of amides is 4. The molecule has 0 spiro atoms. The molecule has 5 N–H and O–H groups in total. The number of nitrogens with zero attached hydrogens (tertiary/aromatic N) is 6. The summed E-state index contributed by atoms with van der Waals surface area (Å²) in [7, 11) is 0. The van der Waals surface area contributed by atoms with Crippen LogP contribution in [0, 0.1) is 11.7 Å². The van der Waals surface area contributed by atoms with Crippen molar-refractivity contribution < 1.29 is 28.0 Å². The van der Waals surface area contributed by atoms with Crippen LogP contribution in [0.4, 0.5) is 27.5 Å². The Labute approximate surface area is 317 Å². The fourth-order valence-corrected chi connectivity index (χ4v) is 8.40. The number of aromatic nitrogens is 3. The third-order valence-corrected chi connectivity index (χ3v) is 11.5. The monoisotopic (exact) mass is 754 g/mol. The quantitative estimate of drug-likeness (QED) is 0.181. The van der Waals surface area contributed by atoms with Gasteiger partial charge in [-0.25, -0.2) is 4.39 Å². The molecular formula is C39H47FN10O5. The second-order valence-electron chi connectivity index (χ2n) is 15.2. The van der Waals surface area contributed by atoms with Crippen LogP contribution in [0.15, 0.2) is 47.2 Å². The largest absolute Gasteiger partial charge is 0.431 e. The number of nitrogens with two attached hydrogens (primary N) is 1. The number of nitrogens with one attached hydrogen (secondary N) is 3. The van der Waals surface area contributed by atoms with Crippen molar-refractivity contribution >= 4 is 57.6 Å². The first-order valence-electron chi connectivity index (χ1n) is 19.4. The minimum atomic E-state index is -0.859. The summed E-state index contributed by atoms with van der Waals surface area (Å²) < 4.78 is 22.3. The van der Waals surface area contributed by atoms with E-state index in [-0.39, 0.29) is 48.0 Å². The van der Waals surface area contributed by atoms with Crippen LogP contribution in [-0.4, -0.2) is 95.1 Å². The summed E-state index contributed by atoms with van der Waals surface area (Å²) in [4.78, 5) is 60.2. The molecule has 2 aromatic carbocycles. The molecule has 8 rings (SSSR count). The first-order chi connectivity index (χ1) is 26.7. The predicted octanol–water partition coefficient (Wildman–Crippen LogP) is 4.08. The second-order valence-corrected chi connectivity index (χ2v) is 15.2. The van der Waals surface area contributed by atoms with Crippen molar-refractivity contribution in [3.05, 3.63) is 59.9 Å². The van der Waals surface area contributed by atoms with E-state index in [0.29, 0.717) is 5.92 Å². The number of carbonyl (C=O) groups excluding carboxylic acids is 4. The van der Waals surface area contributed by atoms with E-state index in [2.05, 4.69) is 52.6 Å². The molecule has 4 aliphatic rings. The van der Waals surface area contributed by atoms with Gasteiger partial charge in [0, 0.05) is 69.5 Å². The lowest BCUT2D eigenvalue weighted by Crippen LogP contribution is -2.52. The molecule has 1 atom stereocenters. The molecule has 6 heterocycles. The van der Waals surface area contributed by atoms with E-state index in [1.54, 1.807) is 6.07 Å². The zero-order chi connectivity index (χ0) is 38.1. The van der Waals surface area contributed by atoms with E-state index in [1.807, 2.05) is 6.07 Å². The highest BCUT2D eigenvalue weighted by Gasteiger charge is 2.30. The lowest BCUT2D eigenvalue weighted by molar-refractivity contribution is -0.134. The predicted molar refractivity (Wildman–Crippen MR) is 204 cm³/mol. The van der Waals surface area contributed by atoms with Crippen molar-refractivity contribution in [3.8, 4) is 0 Å². The molecule has 0 bridgehead atoms. The summed E-state index contributed by atoms with van der Waals surface area (Å²) in [5.41, 5.74) is 8.94. The minimum absolute atomic E-state index is 0.0495. The second kappa shape index (κ2) is 15.7. The molecule has 4 aromatic rings. The van der Waals surface area contributed by atoms with Crippen LogP contribution in [0.25, 0.3) is 10.9 Å². The molecule has 0 unspecified atom stereocenters. The van der Waals surface area contributed by atoms with Crippen LogP contribution in [0.5, 0.6) is 0 Å². The molecule has 55 heavy (non-hydrogen) atoms. The number of hydrogen-bond donors (Lipinski definition) is 4. The number of oxazole rings is 1. The van der Waals surface area contributed by atoms with E-state index in [0.717, 1.165) is 112 Å². The third kappa shape index (κ3) is 8.14. The molecule has 4 fully saturated rings. The highest BCUT2D eigenvalue weighted by Crippen LogP contribution is 2.35. The molecule has 0 saturated carbocycles. The Hall–Kier alpha value is -5.51. The van der Waals surface area contributed by atoms with Gasteiger partial charge in [-0.2, -0.15) is 10.1 Å². The summed E-state index contributed by atoms with van der Waals surface area (Å²) in [5, 5.41) is 13.8. The lowest BCUT2D eigenvalue weighted by Gasteiger charge is -2.38. The maximum Gasteiger partial charge on any atom is 0.292 e.